The van der Waals surface area contributed by atoms with Gasteiger partial charge in [-0.3, -0.25) is 0 Å². The van der Waals surface area contributed by atoms with Crippen molar-refractivity contribution in [2.45, 2.75) is 18.7 Å². The summed E-state index contributed by atoms with van der Waals surface area (Å²) in [4.78, 5) is 12.5. The molecule has 0 fully saturated rings. The highest BCUT2D eigenvalue weighted by molar-refractivity contribution is 7.89. The minimum absolute atomic E-state index is 0.0794. The van der Waals surface area contributed by atoms with E-state index in [1.807, 2.05) is 37.3 Å². The normalized spacial score (nSPS) is 12.2. The molecule has 0 radical (unpaired) electrons. The van der Waals surface area contributed by atoms with Crippen LogP contribution in [0.15, 0.2) is 65.1 Å². The summed E-state index contributed by atoms with van der Waals surface area (Å²) in [6.45, 7) is 3.75. The number of esters is 1. The van der Waals surface area contributed by atoms with Crippen LogP contribution in [0.2, 0.25) is 0 Å². The van der Waals surface area contributed by atoms with Crippen molar-refractivity contribution in [2.24, 2.45) is 0 Å². The molecule has 2 rings (SSSR count). The van der Waals surface area contributed by atoms with Crippen molar-refractivity contribution in [3.63, 3.8) is 0 Å². The number of rotatable bonds is 7. The molecule has 0 aliphatic heterocycles. The number of carbonyl (C=O) groups excluding carboxylic acids is 1. The molecule has 0 spiro atoms. The molecular weight excluding hydrogens is 350 g/mol. The average molecular weight is 373 g/mol. The zero-order valence-electron chi connectivity index (χ0n) is 15.2. The Hall–Kier alpha value is -2.44. The second-order valence-corrected chi connectivity index (χ2v) is 7.92. The summed E-state index contributed by atoms with van der Waals surface area (Å²) in [6.07, 6.45) is 1.65. The fraction of sp³-hybridized carbons (Fsp3) is 0.250. The molecule has 26 heavy (non-hydrogen) atoms. The molecule has 0 saturated carbocycles. The lowest BCUT2D eigenvalue weighted by atomic mass is 10.1. The summed E-state index contributed by atoms with van der Waals surface area (Å²) < 4.78 is 31.8. The summed E-state index contributed by atoms with van der Waals surface area (Å²) in [6, 6.07) is 15.9. The quantitative estimate of drug-likeness (QED) is 0.552. The molecule has 0 bridgehead atoms. The summed E-state index contributed by atoms with van der Waals surface area (Å²) in [5.74, 6) is -0.526. The van der Waals surface area contributed by atoms with Crippen molar-refractivity contribution < 1.29 is 17.9 Å². The van der Waals surface area contributed by atoms with Crippen LogP contribution < -0.4 is 0 Å². The molecule has 138 valence electrons. The Bertz CT molecular complexity index is 872. The van der Waals surface area contributed by atoms with E-state index < -0.39 is 16.0 Å². The molecule has 0 N–H and O–H groups in total. The summed E-state index contributed by atoms with van der Waals surface area (Å²) in [5.41, 5.74) is 2.05. The van der Waals surface area contributed by atoms with E-state index in [-0.39, 0.29) is 23.6 Å². The zero-order chi connectivity index (χ0) is 19.2. The maximum absolute atomic E-state index is 12.8. The number of aryl methyl sites for hydroxylation is 1. The lowest BCUT2D eigenvalue weighted by molar-refractivity contribution is -0.138. The maximum atomic E-state index is 12.8. The number of likely N-dealkylation sites (N-methyl/N-ethyl adjacent to an activating group) is 1. The maximum Gasteiger partial charge on any atom is 0.335 e. The van der Waals surface area contributed by atoms with E-state index in [1.165, 1.54) is 7.05 Å². The standard InChI is InChI=1S/C20H23NO4S/c1-4-25-20(22)18(14-17-8-6-5-7-9-17)15-21(3)26(23,24)19-12-10-16(2)11-13-19/h5-14H,4,15H2,1-3H3/b18-14+. The SMILES string of the molecule is CCOC(=O)/C(=C/c1ccccc1)CN(C)S(=O)(=O)c1ccc(C)cc1. The van der Waals surface area contributed by atoms with Crippen LogP contribution in [0.5, 0.6) is 0 Å². The molecule has 0 heterocycles. The average Bonchev–Trinajstić information content (AvgIpc) is 2.62. The second-order valence-electron chi connectivity index (χ2n) is 5.87. The van der Waals surface area contributed by atoms with Gasteiger partial charge in [-0.05, 0) is 37.6 Å². The van der Waals surface area contributed by atoms with Crippen molar-refractivity contribution in [2.75, 3.05) is 20.2 Å². The van der Waals surface area contributed by atoms with Gasteiger partial charge in [-0.2, -0.15) is 4.31 Å². The molecule has 0 atom stereocenters. The van der Waals surface area contributed by atoms with E-state index in [9.17, 15) is 13.2 Å². The van der Waals surface area contributed by atoms with Crippen molar-refractivity contribution in [3.05, 3.63) is 71.3 Å². The van der Waals surface area contributed by atoms with Crippen molar-refractivity contribution in [1.82, 2.24) is 4.31 Å². The number of sulfonamides is 1. The Morgan fingerprint density at radius 2 is 1.69 bits per heavy atom. The Morgan fingerprint density at radius 3 is 2.27 bits per heavy atom. The van der Waals surface area contributed by atoms with Gasteiger partial charge in [0.1, 0.15) is 0 Å². The van der Waals surface area contributed by atoms with E-state index >= 15 is 0 Å². The lowest BCUT2D eigenvalue weighted by Crippen LogP contribution is -2.31. The van der Waals surface area contributed by atoms with Gasteiger partial charge in [0, 0.05) is 13.6 Å². The third-order valence-corrected chi connectivity index (χ3v) is 5.62. The van der Waals surface area contributed by atoms with Crippen LogP contribution in [-0.2, 0) is 19.6 Å². The Morgan fingerprint density at radius 1 is 1.08 bits per heavy atom. The van der Waals surface area contributed by atoms with E-state index in [1.54, 1.807) is 37.3 Å². The topological polar surface area (TPSA) is 63.7 Å². The third kappa shape index (κ3) is 5.03. The van der Waals surface area contributed by atoms with Crippen LogP contribution in [0.3, 0.4) is 0 Å². The molecule has 0 aliphatic rings. The number of hydrogen-bond donors (Lipinski definition) is 0. The first-order valence-electron chi connectivity index (χ1n) is 8.30. The van der Waals surface area contributed by atoms with Gasteiger partial charge in [-0.15, -0.1) is 0 Å². The fourth-order valence-electron chi connectivity index (χ4n) is 2.36. The van der Waals surface area contributed by atoms with Gasteiger partial charge in [-0.25, -0.2) is 13.2 Å². The monoisotopic (exact) mass is 373 g/mol. The summed E-state index contributed by atoms with van der Waals surface area (Å²) in [7, 11) is -2.26. The van der Waals surface area contributed by atoms with Crippen LogP contribution in [-0.4, -0.2) is 38.9 Å². The first-order chi connectivity index (χ1) is 12.3. The lowest BCUT2D eigenvalue weighted by Gasteiger charge is -2.18. The second kappa shape index (κ2) is 8.78. The smallest absolute Gasteiger partial charge is 0.335 e. The Labute approximate surface area is 155 Å². The van der Waals surface area contributed by atoms with Crippen molar-refractivity contribution in [1.29, 1.82) is 0 Å². The number of hydrogen-bond acceptors (Lipinski definition) is 4. The zero-order valence-corrected chi connectivity index (χ0v) is 16.0. The molecule has 6 heteroatoms. The van der Waals surface area contributed by atoms with Crippen molar-refractivity contribution >= 4 is 22.1 Å². The number of nitrogens with zero attached hydrogens (tertiary/aromatic N) is 1. The van der Waals surface area contributed by atoms with Crippen LogP contribution in [0.25, 0.3) is 6.08 Å². The summed E-state index contributed by atoms with van der Waals surface area (Å²) in [5, 5.41) is 0. The molecule has 2 aromatic rings. The van der Waals surface area contributed by atoms with Gasteiger partial charge in [0.05, 0.1) is 17.1 Å². The van der Waals surface area contributed by atoms with E-state index in [4.69, 9.17) is 4.74 Å². The molecule has 0 saturated heterocycles. The van der Waals surface area contributed by atoms with Gasteiger partial charge in [0.15, 0.2) is 0 Å². The minimum Gasteiger partial charge on any atom is -0.463 e. The first-order valence-corrected chi connectivity index (χ1v) is 9.74. The molecule has 5 nitrogen and oxygen atoms in total. The van der Waals surface area contributed by atoms with Gasteiger partial charge in [0.25, 0.3) is 0 Å². The highest BCUT2D eigenvalue weighted by Gasteiger charge is 2.24. The first kappa shape index (κ1) is 19.9. The summed E-state index contributed by atoms with van der Waals surface area (Å²) >= 11 is 0. The Balaban J connectivity index is 2.30. The number of carbonyl (C=O) groups is 1. The predicted molar refractivity (Wildman–Crippen MR) is 102 cm³/mol. The Kier molecular flexibility index (Phi) is 6.71. The van der Waals surface area contributed by atoms with Crippen molar-refractivity contribution in [3.8, 4) is 0 Å². The minimum atomic E-state index is -3.71. The third-order valence-electron chi connectivity index (χ3n) is 3.80. The van der Waals surface area contributed by atoms with E-state index in [0.29, 0.717) is 0 Å². The molecule has 2 aromatic carbocycles. The van der Waals surface area contributed by atoms with Gasteiger partial charge < -0.3 is 4.74 Å². The molecule has 0 aromatic heterocycles. The largest absolute Gasteiger partial charge is 0.463 e. The van der Waals surface area contributed by atoms with Crippen LogP contribution >= 0.6 is 0 Å². The molecular formula is C20H23NO4S. The van der Waals surface area contributed by atoms with Crippen LogP contribution in [0.4, 0.5) is 0 Å². The van der Waals surface area contributed by atoms with Gasteiger partial charge in [-0.1, -0.05) is 48.0 Å². The number of benzene rings is 2. The highest BCUT2D eigenvalue weighted by Crippen LogP contribution is 2.18. The molecule has 0 amide bonds. The predicted octanol–water partition coefficient (Wildman–Crippen LogP) is 3.26. The highest BCUT2D eigenvalue weighted by atomic mass is 32.2. The number of ether oxygens (including phenoxy) is 1. The fourth-order valence-corrected chi connectivity index (χ4v) is 3.51. The van der Waals surface area contributed by atoms with E-state index in [2.05, 4.69) is 0 Å². The van der Waals surface area contributed by atoms with Crippen LogP contribution in [0, 0.1) is 6.92 Å². The molecule has 0 unspecified atom stereocenters. The van der Waals surface area contributed by atoms with Gasteiger partial charge >= 0.3 is 5.97 Å². The van der Waals surface area contributed by atoms with E-state index in [0.717, 1.165) is 15.4 Å². The van der Waals surface area contributed by atoms with Gasteiger partial charge in [0.2, 0.25) is 10.0 Å². The van der Waals surface area contributed by atoms with Crippen LogP contribution in [0.1, 0.15) is 18.1 Å². The molecule has 0 aliphatic carbocycles.